The van der Waals surface area contributed by atoms with Crippen molar-refractivity contribution in [1.82, 2.24) is 15.0 Å². The van der Waals surface area contributed by atoms with E-state index in [0.29, 0.717) is 44.2 Å². The van der Waals surface area contributed by atoms with Gasteiger partial charge in [0.25, 0.3) is 0 Å². The summed E-state index contributed by atoms with van der Waals surface area (Å²) >= 11 is 0. The van der Waals surface area contributed by atoms with E-state index in [-0.39, 0.29) is 5.92 Å². The van der Waals surface area contributed by atoms with Gasteiger partial charge in [-0.3, -0.25) is 4.90 Å². The highest BCUT2D eigenvalue weighted by molar-refractivity contribution is 4.92. The van der Waals surface area contributed by atoms with E-state index < -0.39 is 12.3 Å². The van der Waals surface area contributed by atoms with Gasteiger partial charge in [0.05, 0.1) is 6.54 Å². The maximum Gasteiger partial charge on any atom is 0.241 e. The molecule has 0 spiro atoms. The predicted molar refractivity (Wildman–Crippen MR) is 62.4 cm³/mol. The first kappa shape index (κ1) is 13.4. The molecule has 2 rings (SSSR count). The Morgan fingerprint density at radius 3 is 2.50 bits per heavy atom. The van der Waals surface area contributed by atoms with E-state index in [4.69, 9.17) is 4.52 Å². The topological polar surface area (TPSA) is 42.2 Å². The lowest BCUT2D eigenvalue weighted by molar-refractivity contribution is 0.0314. The largest absolute Gasteiger partial charge is 0.338 e. The van der Waals surface area contributed by atoms with E-state index in [1.54, 1.807) is 0 Å². The molecule has 0 aromatic carbocycles. The van der Waals surface area contributed by atoms with Crippen molar-refractivity contribution < 1.29 is 13.3 Å². The van der Waals surface area contributed by atoms with Gasteiger partial charge in [0.15, 0.2) is 5.82 Å². The first-order valence-electron chi connectivity index (χ1n) is 6.39. The summed E-state index contributed by atoms with van der Waals surface area (Å²) in [7, 11) is 0. The molecule has 6 heteroatoms. The zero-order valence-corrected chi connectivity index (χ0v) is 10.8. The standard InChI is InChI=1S/C12H19F2N3O/c1-8(2)12-15-10(18-16-12)7-17-5-3-9(4-6-17)11(13)14/h8-9,11H,3-7H2,1-2H3. The van der Waals surface area contributed by atoms with Gasteiger partial charge in [-0.2, -0.15) is 4.98 Å². The van der Waals surface area contributed by atoms with Crippen LogP contribution in [0.15, 0.2) is 4.52 Å². The number of alkyl halides is 2. The minimum Gasteiger partial charge on any atom is -0.338 e. The van der Waals surface area contributed by atoms with Crippen LogP contribution in [0.1, 0.15) is 44.3 Å². The Bertz CT molecular complexity index is 373. The number of aromatic nitrogens is 2. The summed E-state index contributed by atoms with van der Waals surface area (Å²) in [6.45, 7) is 5.92. The Kier molecular flexibility index (Phi) is 4.27. The van der Waals surface area contributed by atoms with Gasteiger partial charge in [-0.25, -0.2) is 8.78 Å². The highest BCUT2D eigenvalue weighted by Crippen LogP contribution is 2.24. The molecule has 0 unspecified atom stereocenters. The molecule has 102 valence electrons. The molecular formula is C12H19F2N3O. The molecule has 18 heavy (non-hydrogen) atoms. The maximum absolute atomic E-state index is 12.5. The van der Waals surface area contributed by atoms with Gasteiger partial charge in [0.2, 0.25) is 12.3 Å². The van der Waals surface area contributed by atoms with Crippen LogP contribution in [0.3, 0.4) is 0 Å². The monoisotopic (exact) mass is 259 g/mol. The van der Waals surface area contributed by atoms with Crippen molar-refractivity contribution in [2.24, 2.45) is 5.92 Å². The summed E-state index contributed by atoms with van der Waals surface area (Å²) < 4.78 is 30.2. The van der Waals surface area contributed by atoms with Crippen LogP contribution in [0.2, 0.25) is 0 Å². The number of piperidine rings is 1. The lowest BCUT2D eigenvalue weighted by Crippen LogP contribution is -2.35. The van der Waals surface area contributed by atoms with Crippen LogP contribution in [0.25, 0.3) is 0 Å². The van der Waals surface area contributed by atoms with E-state index in [1.807, 2.05) is 13.8 Å². The van der Waals surface area contributed by atoms with Crippen molar-refractivity contribution in [3.63, 3.8) is 0 Å². The molecule has 0 amide bonds. The van der Waals surface area contributed by atoms with Gasteiger partial charge in [-0.1, -0.05) is 19.0 Å². The maximum atomic E-state index is 12.5. The first-order valence-corrected chi connectivity index (χ1v) is 6.39. The molecular weight excluding hydrogens is 240 g/mol. The smallest absolute Gasteiger partial charge is 0.241 e. The molecule has 2 heterocycles. The molecule has 1 aromatic rings. The molecule has 0 N–H and O–H groups in total. The molecule has 0 radical (unpaired) electrons. The van der Waals surface area contributed by atoms with Crippen molar-refractivity contribution in [2.75, 3.05) is 13.1 Å². The van der Waals surface area contributed by atoms with Gasteiger partial charge in [0.1, 0.15) is 0 Å². The Morgan fingerprint density at radius 2 is 2.00 bits per heavy atom. The first-order chi connectivity index (χ1) is 8.56. The fourth-order valence-corrected chi connectivity index (χ4v) is 2.12. The fourth-order valence-electron chi connectivity index (χ4n) is 2.12. The van der Waals surface area contributed by atoms with Crippen LogP contribution in [-0.4, -0.2) is 34.6 Å². The highest BCUT2D eigenvalue weighted by atomic mass is 19.3. The van der Waals surface area contributed by atoms with E-state index in [1.165, 1.54) is 0 Å². The van der Waals surface area contributed by atoms with Crippen LogP contribution in [-0.2, 0) is 6.54 Å². The molecule has 1 aliphatic rings. The number of likely N-dealkylation sites (tertiary alicyclic amines) is 1. The molecule has 1 saturated heterocycles. The minimum atomic E-state index is -2.19. The van der Waals surface area contributed by atoms with Crippen LogP contribution >= 0.6 is 0 Å². The minimum absolute atomic E-state index is 0.243. The third kappa shape index (κ3) is 3.25. The van der Waals surface area contributed by atoms with Crippen molar-refractivity contribution in [2.45, 2.75) is 45.6 Å². The summed E-state index contributed by atoms with van der Waals surface area (Å²) in [6, 6.07) is 0. The Morgan fingerprint density at radius 1 is 1.33 bits per heavy atom. The van der Waals surface area contributed by atoms with Crippen LogP contribution in [0, 0.1) is 5.92 Å². The molecule has 0 aliphatic carbocycles. The predicted octanol–water partition coefficient (Wildman–Crippen LogP) is 2.67. The van der Waals surface area contributed by atoms with Gasteiger partial charge in [0, 0.05) is 11.8 Å². The van der Waals surface area contributed by atoms with Gasteiger partial charge in [-0.05, 0) is 25.9 Å². The van der Waals surface area contributed by atoms with Gasteiger partial charge in [-0.15, -0.1) is 0 Å². The summed E-state index contributed by atoms with van der Waals surface area (Å²) in [4.78, 5) is 6.38. The Labute approximate surface area is 105 Å². The molecule has 0 bridgehead atoms. The molecule has 0 saturated carbocycles. The molecule has 1 aliphatic heterocycles. The number of halogens is 2. The number of rotatable bonds is 4. The number of hydrogen-bond acceptors (Lipinski definition) is 4. The third-order valence-electron chi connectivity index (χ3n) is 3.35. The highest BCUT2D eigenvalue weighted by Gasteiger charge is 2.26. The number of hydrogen-bond donors (Lipinski definition) is 0. The van der Waals surface area contributed by atoms with E-state index in [2.05, 4.69) is 15.0 Å². The van der Waals surface area contributed by atoms with Crippen molar-refractivity contribution in [3.8, 4) is 0 Å². The molecule has 0 atom stereocenters. The van der Waals surface area contributed by atoms with Crippen LogP contribution in [0.5, 0.6) is 0 Å². The summed E-state index contributed by atoms with van der Waals surface area (Å²) in [5.41, 5.74) is 0. The van der Waals surface area contributed by atoms with Gasteiger partial charge < -0.3 is 4.52 Å². The van der Waals surface area contributed by atoms with Crippen LogP contribution < -0.4 is 0 Å². The van der Waals surface area contributed by atoms with E-state index in [0.717, 1.165) is 0 Å². The van der Waals surface area contributed by atoms with Gasteiger partial charge >= 0.3 is 0 Å². The van der Waals surface area contributed by atoms with Crippen LogP contribution in [0.4, 0.5) is 8.78 Å². The van der Waals surface area contributed by atoms with Crippen molar-refractivity contribution in [1.29, 1.82) is 0 Å². The summed E-state index contributed by atoms with van der Waals surface area (Å²) in [5, 5.41) is 3.89. The molecule has 1 fully saturated rings. The van der Waals surface area contributed by atoms with E-state index >= 15 is 0 Å². The average molecular weight is 259 g/mol. The Hall–Kier alpha value is -1.04. The molecule has 4 nitrogen and oxygen atoms in total. The number of nitrogens with zero attached hydrogens (tertiary/aromatic N) is 3. The second kappa shape index (κ2) is 5.73. The quantitative estimate of drug-likeness (QED) is 0.833. The van der Waals surface area contributed by atoms with E-state index in [9.17, 15) is 8.78 Å². The zero-order chi connectivity index (χ0) is 13.1. The van der Waals surface area contributed by atoms with Crippen molar-refractivity contribution >= 4 is 0 Å². The average Bonchev–Trinajstić information content (AvgIpc) is 2.78. The SMILES string of the molecule is CC(C)c1noc(CN2CCC(C(F)F)CC2)n1. The second-order valence-corrected chi connectivity index (χ2v) is 5.15. The fraction of sp³-hybridized carbons (Fsp3) is 0.833. The normalized spacial score (nSPS) is 19.0. The Balaban J connectivity index is 1.84. The third-order valence-corrected chi connectivity index (χ3v) is 3.35. The lowest BCUT2D eigenvalue weighted by atomic mass is 9.97. The second-order valence-electron chi connectivity index (χ2n) is 5.15. The zero-order valence-electron chi connectivity index (χ0n) is 10.8. The summed E-state index contributed by atoms with van der Waals surface area (Å²) in [5.74, 6) is 1.07. The lowest BCUT2D eigenvalue weighted by Gasteiger charge is -2.30. The summed E-state index contributed by atoms with van der Waals surface area (Å²) in [6.07, 6.45) is -1.10. The molecule has 1 aromatic heterocycles. The van der Waals surface area contributed by atoms with Crippen molar-refractivity contribution in [3.05, 3.63) is 11.7 Å².